The number of fused-ring (bicyclic) bond motifs is 2. The van der Waals surface area contributed by atoms with Gasteiger partial charge >= 0.3 is 0 Å². The number of nitrogens with zero attached hydrogens (tertiary/aromatic N) is 3. The predicted molar refractivity (Wildman–Crippen MR) is 115 cm³/mol. The second-order valence-electron chi connectivity index (χ2n) is 8.39. The standard InChI is InChI=1S/C22H25N5O5/c1-12(2)19(28)25-22-24-18-17(20(29)26-22)23-11-27(18)14-8-15-16(30-9-14)10-31-21(32-15)13-6-4-3-5-7-13/h3-7,11-12,14-16,21H,8-10H2,1-2H3,(H2,24,25,26,28,29). The fourth-order valence-electron chi connectivity index (χ4n) is 4.00. The van der Waals surface area contributed by atoms with Crippen LogP contribution in [0.15, 0.2) is 41.5 Å². The van der Waals surface area contributed by atoms with Crippen molar-refractivity contribution in [2.75, 3.05) is 18.5 Å². The Hall–Kier alpha value is -3.08. The summed E-state index contributed by atoms with van der Waals surface area (Å²) in [4.78, 5) is 35.8. The van der Waals surface area contributed by atoms with E-state index in [9.17, 15) is 9.59 Å². The van der Waals surface area contributed by atoms with Gasteiger partial charge in [-0.1, -0.05) is 44.2 Å². The van der Waals surface area contributed by atoms with Crippen molar-refractivity contribution < 1.29 is 19.0 Å². The maximum Gasteiger partial charge on any atom is 0.280 e. The summed E-state index contributed by atoms with van der Waals surface area (Å²) in [6, 6.07) is 9.66. The second-order valence-corrected chi connectivity index (χ2v) is 8.39. The van der Waals surface area contributed by atoms with Crippen molar-refractivity contribution in [3.8, 4) is 0 Å². The fraction of sp³-hybridized carbons (Fsp3) is 0.455. The maximum absolute atomic E-state index is 12.5. The molecule has 2 fully saturated rings. The average molecular weight is 439 g/mol. The summed E-state index contributed by atoms with van der Waals surface area (Å²) in [6.45, 7) is 4.40. The van der Waals surface area contributed by atoms with Gasteiger partial charge < -0.3 is 18.8 Å². The van der Waals surface area contributed by atoms with Gasteiger partial charge in [0.2, 0.25) is 11.9 Å². The topological polar surface area (TPSA) is 120 Å². The van der Waals surface area contributed by atoms with Crippen LogP contribution in [0.2, 0.25) is 0 Å². The molecule has 3 aromatic rings. The number of nitrogens with one attached hydrogen (secondary N) is 2. The zero-order valence-electron chi connectivity index (χ0n) is 17.9. The van der Waals surface area contributed by atoms with Crippen molar-refractivity contribution in [3.05, 3.63) is 52.6 Å². The number of carbonyl (C=O) groups excluding carboxylic acids is 1. The lowest BCUT2D eigenvalue weighted by Gasteiger charge is -2.42. The monoisotopic (exact) mass is 439 g/mol. The van der Waals surface area contributed by atoms with Crippen molar-refractivity contribution in [3.63, 3.8) is 0 Å². The first-order chi connectivity index (χ1) is 15.5. The lowest BCUT2D eigenvalue weighted by atomic mass is 10.0. The number of aromatic amines is 1. The molecule has 2 saturated heterocycles. The van der Waals surface area contributed by atoms with E-state index in [0.29, 0.717) is 25.3 Å². The second kappa shape index (κ2) is 8.45. The largest absolute Gasteiger partial charge is 0.371 e. The number of rotatable bonds is 4. The molecule has 10 nitrogen and oxygen atoms in total. The smallest absolute Gasteiger partial charge is 0.280 e. The fourth-order valence-corrected chi connectivity index (χ4v) is 4.00. The molecule has 1 aromatic carbocycles. The van der Waals surface area contributed by atoms with Crippen LogP contribution in [0.4, 0.5) is 5.95 Å². The van der Waals surface area contributed by atoms with E-state index in [0.717, 1.165) is 5.56 Å². The number of benzene rings is 1. The van der Waals surface area contributed by atoms with Crippen LogP contribution < -0.4 is 10.9 Å². The third kappa shape index (κ3) is 3.92. The summed E-state index contributed by atoms with van der Waals surface area (Å²) in [7, 11) is 0. The van der Waals surface area contributed by atoms with E-state index in [-0.39, 0.29) is 41.5 Å². The molecule has 1 amide bonds. The van der Waals surface area contributed by atoms with Gasteiger partial charge in [0.15, 0.2) is 17.5 Å². The molecule has 2 aliphatic heterocycles. The van der Waals surface area contributed by atoms with E-state index >= 15 is 0 Å². The Balaban J connectivity index is 1.39. The zero-order chi connectivity index (χ0) is 22.2. The number of anilines is 1. The summed E-state index contributed by atoms with van der Waals surface area (Å²) in [5.74, 6) is -0.373. The van der Waals surface area contributed by atoms with Crippen LogP contribution in [0.25, 0.3) is 11.2 Å². The lowest BCUT2D eigenvalue weighted by molar-refractivity contribution is -0.282. The van der Waals surface area contributed by atoms with Gasteiger partial charge in [0.05, 0.1) is 31.7 Å². The summed E-state index contributed by atoms with van der Waals surface area (Å²) in [6.07, 6.45) is 1.47. The number of amides is 1. The minimum atomic E-state index is -0.446. The Morgan fingerprint density at radius 1 is 1.19 bits per heavy atom. The molecule has 0 spiro atoms. The number of H-pyrrole nitrogens is 1. The SMILES string of the molecule is CC(C)C(=O)Nc1nc2c(ncn2C2COC3COC(c4ccccc4)OC3C2)c(=O)[nH]1. The van der Waals surface area contributed by atoms with Crippen molar-refractivity contribution in [2.45, 2.75) is 44.8 Å². The van der Waals surface area contributed by atoms with Gasteiger partial charge in [-0.05, 0) is 6.42 Å². The van der Waals surface area contributed by atoms with Crippen molar-refractivity contribution >= 4 is 23.0 Å². The number of aromatic nitrogens is 4. The van der Waals surface area contributed by atoms with Crippen LogP contribution in [-0.2, 0) is 19.0 Å². The van der Waals surface area contributed by atoms with Crippen LogP contribution in [0, 0.1) is 5.92 Å². The molecule has 4 unspecified atom stereocenters. The number of hydrogen-bond acceptors (Lipinski definition) is 7. The highest BCUT2D eigenvalue weighted by atomic mass is 16.7. The van der Waals surface area contributed by atoms with Gasteiger partial charge in [0.1, 0.15) is 6.10 Å². The zero-order valence-corrected chi connectivity index (χ0v) is 17.9. The quantitative estimate of drug-likeness (QED) is 0.639. The summed E-state index contributed by atoms with van der Waals surface area (Å²) < 4.78 is 19.9. The molecular formula is C22H25N5O5. The number of hydrogen-bond donors (Lipinski definition) is 2. The van der Waals surface area contributed by atoms with E-state index in [1.165, 1.54) is 0 Å². The predicted octanol–water partition coefficient (Wildman–Crippen LogP) is 2.16. The van der Waals surface area contributed by atoms with E-state index in [1.807, 2.05) is 34.9 Å². The van der Waals surface area contributed by atoms with Crippen LogP contribution >= 0.6 is 0 Å². The van der Waals surface area contributed by atoms with Gasteiger partial charge in [-0.3, -0.25) is 19.9 Å². The van der Waals surface area contributed by atoms with Crippen LogP contribution in [0.1, 0.15) is 38.2 Å². The summed E-state index contributed by atoms with van der Waals surface area (Å²) in [5.41, 5.74) is 1.16. The average Bonchev–Trinajstić information content (AvgIpc) is 3.23. The molecule has 0 aliphatic carbocycles. The molecule has 0 radical (unpaired) electrons. The first kappa shape index (κ1) is 20.8. The first-order valence-electron chi connectivity index (χ1n) is 10.7. The summed E-state index contributed by atoms with van der Waals surface area (Å²) in [5, 5.41) is 2.64. The molecule has 0 saturated carbocycles. The number of ether oxygens (including phenoxy) is 3. The molecule has 0 bridgehead atoms. The minimum absolute atomic E-state index is 0.101. The van der Waals surface area contributed by atoms with Crippen molar-refractivity contribution in [1.82, 2.24) is 19.5 Å². The first-order valence-corrected chi connectivity index (χ1v) is 10.7. The van der Waals surface area contributed by atoms with Gasteiger partial charge in [-0.15, -0.1) is 0 Å². The normalized spacial score (nSPS) is 25.6. The van der Waals surface area contributed by atoms with E-state index < -0.39 is 11.8 Å². The highest BCUT2D eigenvalue weighted by Crippen LogP contribution is 2.35. The van der Waals surface area contributed by atoms with Crippen molar-refractivity contribution in [2.24, 2.45) is 5.92 Å². The molecule has 10 heteroatoms. The van der Waals surface area contributed by atoms with E-state index in [1.54, 1.807) is 20.2 Å². The Kier molecular flexibility index (Phi) is 5.50. The molecule has 2 aliphatic rings. The van der Waals surface area contributed by atoms with Crippen molar-refractivity contribution in [1.29, 1.82) is 0 Å². The molecule has 32 heavy (non-hydrogen) atoms. The van der Waals surface area contributed by atoms with Gasteiger partial charge in [-0.25, -0.2) is 4.98 Å². The molecule has 2 aromatic heterocycles. The molecule has 5 rings (SSSR count). The Bertz CT molecular complexity index is 1170. The molecule has 4 heterocycles. The minimum Gasteiger partial charge on any atom is -0.371 e. The lowest BCUT2D eigenvalue weighted by Crippen LogP contribution is -2.48. The maximum atomic E-state index is 12.5. The van der Waals surface area contributed by atoms with Gasteiger partial charge in [-0.2, -0.15) is 4.98 Å². The van der Waals surface area contributed by atoms with Crippen LogP contribution in [0.5, 0.6) is 0 Å². The van der Waals surface area contributed by atoms with Gasteiger partial charge in [0, 0.05) is 11.5 Å². The Morgan fingerprint density at radius 3 is 2.78 bits per heavy atom. The summed E-state index contributed by atoms with van der Waals surface area (Å²) >= 11 is 0. The molecule has 168 valence electrons. The van der Waals surface area contributed by atoms with E-state index in [4.69, 9.17) is 14.2 Å². The Morgan fingerprint density at radius 2 is 2.00 bits per heavy atom. The molecular weight excluding hydrogens is 414 g/mol. The molecule has 4 atom stereocenters. The molecule has 2 N–H and O–H groups in total. The van der Waals surface area contributed by atoms with Gasteiger partial charge in [0.25, 0.3) is 5.56 Å². The van der Waals surface area contributed by atoms with Crippen LogP contribution in [-0.4, -0.2) is 50.8 Å². The van der Waals surface area contributed by atoms with E-state index in [2.05, 4.69) is 20.3 Å². The number of carbonyl (C=O) groups is 1. The number of imidazole rings is 1. The highest BCUT2D eigenvalue weighted by molar-refractivity contribution is 5.91. The Labute approximate surface area is 183 Å². The third-order valence-electron chi connectivity index (χ3n) is 5.80. The highest BCUT2D eigenvalue weighted by Gasteiger charge is 2.39. The van der Waals surface area contributed by atoms with Crippen LogP contribution in [0.3, 0.4) is 0 Å². The third-order valence-corrected chi connectivity index (χ3v) is 5.80.